The van der Waals surface area contributed by atoms with Crippen LogP contribution in [0.5, 0.6) is 17.2 Å². The number of aromatic hydroxyl groups is 2. The average molecular weight is 391 g/mol. The fourth-order valence-electron chi connectivity index (χ4n) is 1.90. The predicted octanol–water partition coefficient (Wildman–Crippen LogP) is 2.60. The molecule has 0 atom stereocenters. The molecule has 0 aliphatic carbocycles. The van der Waals surface area contributed by atoms with E-state index in [1.54, 1.807) is 0 Å². The van der Waals surface area contributed by atoms with Crippen molar-refractivity contribution < 1.29 is 40.8 Å². The summed E-state index contributed by atoms with van der Waals surface area (Å²) in [4.78, 5) is 13.5. The van der Waals surface area contributed by atoms with Gasteiger partial charge in [-0.05, 0) is 36.4 Å². The fraction of sp³-hybridized carbons (Fsp3) is 0.133. The van der Waals surface area contributed by atoms with Gasteiger partial charge in [-0.2, -0.15) is 21.6 Å². The molecule has 2 N–H and O–H groups in total. The van der Waals surface area contributed by atoms with Gasteiger partial charge in [-0.1, -0.05) is 0 Å². The Morgan fingerprint density at radius 1 is 1.04 bits per heavy atom. The largest absolute Gasteiger partial charge is 0.534 e. The van der Waals surface area contributed by atoms with Gasteiger partial charge in [-0.3, -0.25) is 4.79 Å². The lowest BCUT2D eigenvalue weighted by atomic mass is 10.1. The molecule has 2 rings (SSSR count). The topological polar surface area (TPSA) is 104 Å². The molecule has 0 spiro atoms. The maximum atomic E-state index is 12.5. The summed E-state index contributed by atoms with van der Waals surface area (Å²) >= 11 is 0. The number of alkyl halides is 3. The minimum absolute atomic E-state index is 0.0699. The Morgan fingerprint density at radius 3 is 2.12 bits per heavy atom. The number of rotatable bonds is 4. The Balaban J connectivity index is 2.43. The summed E-state index contributed by atoms with van der Waals surface area (Å²) in [5, 5.41) is 18.6. The number of amides is 1. The highest BCUT2D eigenvalue weighted by molar-refractivity contribution is 7.88. The molecule has 0 aliphatic rings. The third kappa shape index (κ3) is 3.99. The van der Waals surface area contributed by atoms with E-state index in [-0.39, 0.29) is 11.4 Å². The number of benzene rings is 2. The smallest absolute Gasteiger partial charge is 0.508 e. The van der Waals surface area contributed by atoms with Crippen LogP contribution in [0, 0.1) is 0 Å². The zero-order valence-electron chi connectivity index (χ0n) is 13.1. The highest BCUT2D eigenvalue weighted by atomic mass is 32.2. The van der Waals surface area contributed by atoms with Gasteiger partial charge in [0.2, 0.25) is 0 Å². The molecule has 1 amide bonds. The molecule has 0 radical (unpaired) electrons. The van der Waals surface area contributed by atoms with Gasteiger partial charge in [0.1, 0.15) is 11.5 Å². The van der Waals surface area contributed by atoms with Crippen LogP contribution in [0.25, 0.3) is 0 Å². The summed E-state index contributed by atoms with van der Waals surface area (Å²) in [6.45, 7) is 0. The Hall–Kier alpha value is -2.95. The van der Waals surface area contributed by atoms with E-state index in [2.05, 4.69) is 4.18 Å². The van der Waals surface area contributed by atoms with E-state index < -0.39 is 38.6 Å². The van der Waals surface area contributed by atoms with E-state index in [4.69, 9.17) is 0 Å². The van der Waals surface area contributed by atoms with Crippen molar-refractivity contribution in [3.63, 3.8) is 0 Å². The first-order chi connectivity index (χ1) is 11.9. The number of nitrogens with zero attached hydrogens (tertiary/aromatic N) is 1. The number of halogens is 3. The van der Waals surface area contributed by atoms with Crippen LogP contribution >= 0.6 is 0 Å². The molecular weight excluding hydrogens is 379 g/mol. The van der Waals surface area contributed by atoms with E-state index in [9.17, 15) is 36.6 Å². The molecule has 2 aromatic rings. The number of hydrogen-bond donors (Lipinski definition) is 2. The monoisotopic (exact) mass is 391 g/mol. The first-order valence-corrected chi connectivity index (χ1v) is 8.24. The molecule has 0 bridgehead atoms. The van der Waals surface area contributed by atoms with Gasteiger partial charge in [0.25, 0.3) is 5.91 Å². The van der Waals surface area contributed by atoms with Gasteiger partial charge in [0.15, 0.2) is 5.75 Å². The molecule has 0 fully saturated rings. The highest BCUT2D eigenvalue weighted by Crippen LogP contribution is 2.32. The maximum Gasteiger partial charge on any atom is 0.534 e. The van der Waals surface area contributed by atoms with Crippen LogP contribution in [0.4, 0.5) is 18.9 Å². The Kier molecular flexibility index (Phi) is 5.03. The number of hydrogen-bond acceptors (Lipinski definition) is 6. The van der Waals surface area contributed by atoms with Crippen LogP contribution in [0.15, 0.2) is 42.5 Å². The second kappa shape index (κ2) is 6.75. The average Bonchev–Trinajstić information content (AvgIpc) is 2.53. The molecule has 11 heteroatoms. The molecule has 140 valence electrons. The van der Waals surface area contributed by atoms with Crippen molar-refractivity contribution in [2.75, 3.05) is 11.9 Å². The van der Waals surface area contributed by atoms with Crippen LogP contribution in [0.1, 0.15) is 10.4 Å². The number of anilines is 1. The van der Waals surface area contributed by atoms with Gasteiger partial charge in [-0.25, -0.2) is 0 Å². The van der Waals surface area contributed by atoms with E-state index in [0.29, 0.717) is 6.07 Å². The van der Waals surface area contributed by atoms with Crippen molar-refractivity contribution in [1.82, 2.24) is 0 Å². The van der Waals surface area contributed by atoms with Crippen LogP contribution in [0.3, 0.4) is 0 Å². The summed E-state index contributed by atoms with van der Waals surface area (Å²) in [6.07, 6.45) is 0. The highest BCUT2D eigenvalue weighted by Gasteiger charge is 2.49. The zero-order valence-corrected chi connectivity index (χ0v) is 13.9. The molecule has 26 heavy (non-hydrogen) atoms. The molecule has 0 aromatic heterocycles. The first-order valence-electron chi connectivity index (χ1n) is 6.83. The number of phenols is 2. The number of carbonyl (C=O) groups is 1. The quantitative estimate of drug-likeness (QED) is 0.613. The summed E-state index contributed by atoms with van der Waals surface area (Å²) in [6, 6.07) is 7.78. The fourth-order valence-corrected chi connectivity index (χ4v) is 2.37. The van der Waals surface area contributed by atoms with Crippen molar-refractivity contribution in [3.05, 3.63) is 48.0 Å². The number of carbonyl (C=O) groups excluding carboxylic acids is 1. The lowest BCUT2D eigenvalue weighted by Crippen LogP contribution is -2.30. The first kappa shape index (κ1) is 19.4. The third-order valence-corrected chi connectivity index (χ3v) is 4.19. The Bertz CT molecular complexity index is 925. The van der Waals surface area contributed by atoms with Gasteiger partial charge >= 0.3 is 15.6 Å². The SMILES string of the molecule is CN(C(=O)c1ccc(O)cc1OS(=O)(=O)C(F)(F)F)c1ccc(O)cc1. The van der Waals surface area contributed by atoms with Crippen molar-refractivity contribution in [1.29, 1.82) is 0 Å². The molecular formula is C15H12F3NO6S. The minimum atomic E-state index is -6.03. The van der Waals surface area contributed by atoms with E-state index in [1.807, 2.05) is 0 Å². The van der Waals surface area contributed by atoms with Gasteiger partial charge in [0.05, 0.1) is 5.56 Å². The molecule has 2 aromatic carbocycles. The second-order valence-corrected chi connectivity index (χ2v) is 6.58. The lowest BCUT2D eigenvalue weighted by molar-refractivity contribution is -0.0500. The summed E-state index contributed by atoms with van der Waals surface area (Å²) in [5.41, 5.74) is -5.96. The standard InChI is InChI=1S/C15H12F3NO6S/c1-19(9-2-4-10(20)5-3-9)14(22)12-7-6-11(21)8-13(12)25-26(23,24)15(16,17)18/h2-8,20-21H,1H3. The normalized spacial score (nSPS) is 11.8. The van der Waals surface area contributed by atoms with Gasteiger partial charge in [0, 0.05) is 18.8 Å². The maximum absolute atomic E-state index is 12.5. The van der Waals surface area contributed by atoms with Crippen molar-refractivity contribution >= 4 is 21.7 Å². The third-order valence-electron chi connectivity index (χ3n) is 3.22. The second-order valence-electron chi connectivity index (χ2n) is 5.04. The van der Waals surface area contributed by atoms with Crippen LogP contribution in [0.2, 0.25) is 0 Å². The molecule has 0 unspecified atom stereocenters. The molecule has 0 saturated carbocycles. The van der Waals surface area contributed by atoms with E-state index >= 15 is 0 Å². The molecule has 0 saturated heterocycles. The molecule has 0 heterocycles. The number of phenolic OH excluding ortho intramolecular Hbond substituents is 2. The summed E-state index contributed by atoms with van der Waals surface area (Å²) in [7, 11) is -4.75. The van der Waals surface area contributed by atoms with E-state index in [0.717, 1.165) is 17.0 Å². The van der Waals surface area contributed by atoms with Crippen LogP contribution < -0.4 is 9.08 Å². The van der Waals surface area contributed by atoms with Crippen molar-refractivity contribution in [2.45, 2.75) is 5.51 Å². The van der Waals surface area contributed by atoms with Crippen molar-refractivity contribution in [2.24, 2.45) is 0 Å². The van der Waals surface area contributed by atoms with Crippen molar-refractivity contribution in [3.8, 4) is 17.2 Å². The van der Waals surface area contributed by atoms with E-state index in [1.165, 1.54) is 31.3 Å². The minimum Gasteiger partial charge on any atom is -0.508 e. The predicted molar refractivity (Wildman–Crippen MR) is 84.5 cm³/mol. The Labute approximate surface area is 146 Å². The van der Waals surface area contributed by atoms with Crippen LogP contribution in [-0.4, -0.2) is 37.1 Å². The van der Waals surface area contributed by atoms with Crippen LogP contribution in [-0.2, 0) is 10.1 Å². The molecule has 0 aliphatic heterocycles. The zero-order chi connectivity index (χ0) is 19.7. The van der Waals surface area contributed by atoms with Gasteiger partial charge < -0.3 is 19.3 Å². The Morgan fingerprint density at radius 2 is 1.58 bits per heavy atom. The summed E-state index contributed by atoms with van der Waals surface area (Å²) in [5.74, 6) is -2.54. The molecule has 7 nitrogen and oxygen atoms in total. The lowest BCUT2D eigenvalue weighted by Gasteiger charge is -2.19. The summed E-state index contributed by atoms with van der Waals surface area (Å²) < 4.78 is 64.0. The van der Waals surface area contributed by atoms with Gasteiger partial charge in [-0.15, -0.1) is 0 Å².